The van der Waals surface area contributed by atoms with Crippen LogP contribution >= 0.6 is 0 Å². The lowest BCUT2D eigenvalue weighted by atomic mass is 9.83. The van der Waals surface area contributed by atoms with Crippen LogP contribution in [0.4, 0.5) is 11.5 Å². The van der Waals surface area contributed by atoms with Crippen LogP contribution in [-0.4, -0.2) is 41.8 Å². The van der Waals surface area contributed by atoms with Crippen molar-refractivity contribution in [3.8, 4) is 0 Å². The van der Waals surface area contributed by atoms with E-state index in [2.05, 4.69) is 21.4 Å². The van der Waals surface area contributed by atoms with Gasteiger partial charge < -0.3 is 15.8 Å². The molecule has 3 heterocycles. The molecule has 1 aliphatic rings. The van der Waals surface area contributed by atoms with Gasteiger partial charge in [0.15, 0.2) is 0 Å². The molecular formula is C29H31N5O2. The largest absolute Gasteiger partial charge is 0.384 e. The molecule has 1 atom stereocenters. The number of nitrogens with two attached hydrogens (primary N) is 1. The zero-order valence-electron chi connectivity index (χ0n) is 20.5. The number of ether oxygens (including phenoxy) is 1. The zero-order valence-corrected chi connectivity index (χ0v) is 20.5. The fraction of sp³-hybridized carbons (Fsp3) is 0.310. The number of carbonyl (C=O) groups excluding carboxylic acids is 1. The van der Waals surface area contributed by atoms with Crippen molar-refractivity contribution >= 4 is 44.8 Å². The molecule has 0 unspecified atom stereocenters. The molecule has 184 valence electrons. The molecule has 0 radical (unpaired) electrons. The Labute approximate surface area is 210 Å². The van der Waals surface area contributed by atoms with Gasteiger partial charge in [-0.3, -0.25) is 14.8 Å². The third-order valence-corrected chi connectivity index (χ3v) is 6.84. The second kappa shape index (κ2) is 10.8. The van der Waals surface area contributed by atoms with Crippen LogP contribution in [0.2, 0.25) is 0 Å². The highest BCUT2D eigenvalue weighted by Gasteiger charge is 2.27. The van der Waals surface area contributed by atoms with E-state index in [1.807, 2.05) is 48.5 Å². The van der Waals surface area contributed by atoms with Crippen molar-refractivity contribution in [3.05, 3.63) is 72.1 Å². The standard InChI is InChI=1S/C29H31N5O2/c1-36-17-14-21-18-20(25-23-11-4-5-12-24(23)34-28(30)27(25)33-21)9-6-7-15-32-29(35)26-22-10-3-2-8-19(22)13-16-31-26/h2-5,8,10-13,16,20H,6-7,9,14-15,17-18H2,1H3,(H2,30,34)(H,32,35)/t20-/m1/s1. The van der Waals surface area contributed by atoms with Gasteiger partial charge in [-0.05, 0) is 48.3 Å². The lowest BCUT2D eigenvalue weighted by Gasteiger charge is -2.27. The van der Waals surface area contributed by atoms with Crippen LogP contribution in [0.3, 0.4) is 0 Å². The van der Waals surface area contributed by atoms with Crippen LogP contribution in [0.25, 0.3) is 21.7 Å². The number of nitrogen functional groups attached to an aromatic ring is 1. The normalized spacial score (nSPS) is 15.0. The summed E-state index contributed by atoms with van der Waals surface area (Å²) in [5.74, 6) is 0.654. The maximum absolute atomic E-state index is 12.8. The molecule has 0 saturated heterocycles. The number of hydrogen-bond donors (Lipinski definition) is 2. The summed E-state index contributed by atoms with van der Waals surface area (Å²) in [6, 6.07) is 17.9. The van der Waals surface area contributed by atoms with Crippen LogP contribution in [0.15, 0.2) is 65.8 Å². The average Bonchev–Trinajstić information content (AvgIpc) is 2.91. The molecule has 5 rings (SSSR count). The van der Waals surface area contributed by atoms with E-state index in [1.165, 1.54) is 5.56 Å². The minimum atomic E-state index is -0.131. The van der Waals surface area contributed by atoms with E-state index in [9.17, 15) is 4.79 Å². The topological polar surface area (TPSA) is 102 Å². The smallest absolute Gasteiger partial charge is 0.270 e. The van der Waals surface area contributed by atoms with Crippen molar-refractivity contribution in [1.82, 2.24) is 15.3 Å². The fourth-order valence-electron chi connectivity index (χ4n) is 5.09. The summed E-state index contributed by atoms with van der Waals surface area (Å²) in [6.07, 6.45) is 6.19. The van der Waals surface area contributed by atoms with Gasteiger partial charge in [0.05, 0.1) is 12.1 Å². The monoisotopic (exact) mass is 481 g/mol. The van der Waals surface area contributed by atoms with E-state index in [0.29, 0.717) is 30.6 Å². The van der Waals surface area contributed by atoms with Crippen molar-refractivity contribution in [2.45, 2.75) is 38.0 Å². The number of methoxy groups -OCH3 is 1. The number of anilines is 1. The molecular weight excluding hydrogens is 450 g/mol. The summed E-state index contributed by atoms with van der Waals surface area (Å²) < 4.78 is 5.29. The summed E-state index contributed by atoms with van der Waals surface area (Å²) >= 11 is 0. The van der Waals surface area contributed by atoms with Crippen LogP contribution < -0.4 is 11.1 Å². The second-order valence-electron chi connectivity index (χ2n) is 9.23. The van der Waals surface area contributed by atoms with E-state index in [1.54, 1.807) is 13.3 Å². The van der Waals surface area contributed by atoms with Crippen LogP contribution in [0, 0.1) is 0 Å². The Hall–Kier alpha value is -3.84. The van der Waals surface area contributed by atoms with Gasteiger partial charge in [0.25, 0.3) is 5.91 Å². The number of para-hydroxylation sites is 1. The molecule has 0 spiro atoms. The summed E-state index contributed by atoms with van der Waals surface area (Å²) in [6.45, 7) is 1.24. The Kier molecular flexibility index (Phi) is 7.18. The minimum Gasteiger partial charge on any atom is -0.384 e. The highest BCUT2D eigenvalue weighted by atomic mass is 16.5. The maximum Gasteiger partial charge on any atom is 0.270 e. The van der Waals surface area contributed by atoms with Gasteiger partial charge in [0.2, 0.25) is 0 Å². The predicted molar refractivity (Wildman–Crippen MR) is 145 cm³/mol. The molecule has 4 aromatic rings. The number of unbranched alkanes of at least 4 members (excludes halogenated alkanes) is 1. The van der Waals surface area contributed by atoms with Gasteiger partial charge in [-0.1, -0.05) is 48.9 Å². The fourth-order valence-corrected chi connectivity index (χ4v) is 5.09. The van der Waals surface area contributed by atoms with E-state index in [4.69, 9.17) is 15.5 Å². The summed E-state index contributed by atoms with van der Waals surface area (Å²) in [7, 11) is 1.71. The number of hydrogen-bond acceptors (Lipinski definition) is 6. The van der Waals surface area contributed by atoms with Gasteiger partial charge >= 0.3 is 0 Å². The maximum atomic E-state index is 12.8. The number of nitrogens with one attached hydrogen (secondary N) is 1. The number of aliphatic imine (C=N–C) groups is 1. The molecule has 2 aromatic carbocycles. The number of amides is 1. The Balaban J connectivity index is 1.26. The summed E-state index contributed by atoms with van der Waals surface area (Å²) in [5.41, 5.74) is 10.9. The van der Waals surface area contributed by atoms with E-state index < -0.39 is 0 Å². The molecule has 2 aromatic heterocycles. The Bertz CT molecular complexity index is 1430. The molecule has 3 N–H and O–H groups in total. The molecule has 7 nitrogen and oxygen atoms in total. The summed E-state index contributed by atoms with van der Waals surface area (Å²) in [5, 5.41) is 6.06. The first-order chi connectivity index (χ1) is 17.7. The molecule has 0 bridgehead atoms. The highest BCUT2D eigenvalue weighted by Crippen LogP contribution is 2.44. The van der Waals surface area contributed by atoms with Crippen molar-refractivity contribution in [2.24, 2.45) is 4.99 Å². The quantitative estimate of drug-likeness (QED) is 0.305. The van der Waals surface area contributed by atoms with E-state index in [-0.39, 0.29) is 5.91 Å². The SMILES string of the molecule is COCCC1=Nc2c(N)nc3ccccc3c2[C@H](CCCCNC(=O)c2nccc3ccccc23)C1. The first kappa shape index (κ1) is 23.9. The second-order valence-corrected chi connectivity index (χ2v) is 9.23. The van der Waals surface area contributed by atoms with Gasteiger partial charge in [0.1, 0.15) is 17.2 Å². The number of nitrogens with zero attached hydrogens (tertiary/aromatic N) is 3. The minimum absolute atomic E-state index is 0.131. The Morgan fingerprint density at radius 3 is 2.75 bits per heavy atom. The number of benzene rings is 2. The number of carbonyl (C=O) groups is 1. The van der Waals surface area contributed by atoms with Gasteiger partial charge in [-0.2, -0.15) is 0 Å². The molecule has 0 fully saturated rings. The molecule has 36 heavy (non-hydrogen) atoms. The molecule has 1 aliphatic heterocycles. The van der Waals surface area contributed by atoms with Gasteiger partial charge in [-0.25, -0.2) is 4.98 Å². The number of pyridine rings is 2. The number of fused-ring (bicyclic) bond motifs is 4. The van der Waals surface area contributed by atoms with Crippen molar-refractivity contribution in [2.75, 3.05) is 26.0 Å². The first-order valence-corrected chi connectivity index (χ1v) is 12.5. The molecule has 7 heteroatoms. The van der Waals surface area contributed by atoms with Crippen molar-refractivity contribution < 1.29 is 9.53 Å². The van der Waals surface area contributed by atoms with Gasteiger partial charge in [-0.15, -0.1) is 0 Å². The third-order valence-electron chi connectivity index (χ3n) is 6.84. The van der Waals surface area contributed by atoms with Crippen molar-refractivity contribution in [3.63, 3.8) is 0 Å². The lowest BCUT2D eigenvalue weighted by Crippen LogP contribution is -2.25. The van der Waals surface area contributed by atoms with Crippen LogP contribution in [0.5, 0.6) is 0 Å². The van der Waals surface area contributed by atoms with E-state index >= 15 is 0 Å². The van der Waals surface area contributed by atoms with Gasteiger partial charge in [0, 0.05) is 42.8 Å². The van der Waals surface area contributed by atoms with Crippen LogP contribution in [0.1, 0.15) is 54.1 Å². The number of aromatic nitrogens is 2. The third kappa shape index (κ3) is 4.93. The first-order valence-electron chi connectivity index (χ1n) is 12.5. The lowest BCUT2D eigenvalue weighted by molar-refractivity contribution is 0.0950. The molecule has 0 aliphatic carbocycles. The summed E-state index contributed by atoms with van der Waals surface area (Å²) in [4.78, 5) is 26.6. The Morgan fingerprint density at radius 2 is 1.89 bits per heavy atom. The van der Waals surface area contributed by atoms with Crippen LogP contribution in [-0.2, 0) is 4.74 Å². The predicted octanol–water partition coefficient (Wildman–Crippen LogP) is 5.56. The number of rotatable bonds is 9. The molecule has 1 amide bonds. The Morgan fingerprint density at radius 1 is 1.08 bits per heavy atom. The van der Waals surface area contributed by atoms with Crippen molar-refractivity contribution in [1.29, 1.82) is 0 Å². The zero-order chi connectivity index (χ0) is 24.9. The average molecular weight is 482 g/mol. The van der Waals surface area contributed by atoms with E-state index in [0.717, 1.165) is 65.2 Å². The highest BCUT2D eigenvalue weighted by molar-refractivity contribution is 6.05. The molecule has 0 saturated carbocycles.